The summed E-state index contributed by atoms with van der Waals surface area (Å²) in [6, 6.07) is 15.3. The monoisotopic (exact) mass is 306 g/mol. The summed E-state index contributed by atoms with van der Waals surface area (Å²) in [7, 11) is 0. The number of aryl methyl sites for hydroxylation is 1. The molecule has 0 radical (unpaired) electrons. The maximum absolute atomic E-state index is 3.66. The van der Waals surface area contributed by atoms with Gasteiger partial charge in [-0.25, -0.2) is 0 Å². The summed E-state index contributed by atoms with van der Waals surface area (Å²) in [6.07, 6.45) is 3.17. The minimum Gasteiger partial charge on any atom is -0.130 e. The predicted octanol–water partition coefficient (Wildman–Crippen LogP) is 5.40. The van der Waals surface area contributed by atoms with Gasteiger partial charge in [0.2, 0.25) is 0 Å². The van der Waals surface area contributed by atoms with E-state index in [-0.39, 0.29) is 0 Å². The number of hydrogen-bond donors (Lipinski definition) is 0. The van der Waals surface area contributed by atoms with E-state index in [4.69, 9.17) is 0 Å². The maximum atomic E-state index is 3.66. The molecule has 0 saturated heterocycles. The molecule has 0 aliphatic carbocycles. The summed E-state index contributed by atoms with van der Waals surface area (Å²) < 4.78 is 1.16. The van der Waals surface area contributed by atoms with Crippen molar-refractivity contribution in [2.24, 2.45) is 0 Å². The molecule has 0 aliphatic rings. The molecule has 2 rings (SSSR count). The summed E-state index contributed by atoms with van der Waals surface area (Å²) in [6.45, 7) is 2.19. The molecule has 88 valence electrons. The first-order chi connectivity index (χ1) is 8.24. The lowest BCUT2D eigenvalue weighted by Crippen LogP contribution is -1.84. The first kappa shape index (κ1) is 12.7. The zero-order chi connectivity index (χ0) is 12.3. The highest BCUT2D eigenvalue weighted by atomic mass is 79.9. The van der Waals surface area contributed by atoms with Crippen LogP contribution in [-0.2, 0) is 6.42 Å². The normalized spacial score (nSPS) is 10.5. The highest BCUT2D eigenvalue weighted by Crippen LogP contribution is 2.31. The van der Waals surface area contributed by atoms with Crippen molar-refractivity contribution in [3.8, 4) is 11.1 Å². The van der Waals surface area contributed by atoms with Gasteiger partial charge in [0.1, 0.15) is 0 Å². The number of hydrogen-bond acceptors (Lipinski definition) is 1. The largest absolute Gasteiger partial charge is 0.130 e. The second-order valence-corrected chi connectivity index (χ2v) is 5.63. The lowest BCUT2D eigenvalue weighted by Gasteiger charge is -2.08. The molecule has 0 atom stereocenters. The van der Waals surface area contributed by atoms with E-state index in [1.807, 2.05) is 0 Å². The van der Waals surface area contributed by atoms with Gasteiger partial charge in [-0.15, -0.1) is 11.8 Å². The van der Waals surface area contributed by atoms with Gasteiger partial charge in [-0.3, -0.25) is 0 Å². The number of benzene rings is 2. The quantitative estimate of drug-likeness (QED) is 0.684. The molecule has 0 spiro atoms. The molecule has 0 N–H and O–H groups in total. The highest BCUT2D eigenvalue weighted by Gasteiger charge is 2.04. The van der Waals surface area contributed by atoms with E-state index in [1.54, 1.807) is 11.8 Å². The summed E-state index contributed by atoms with van der Waals surface area (Å²) in [5.41, 5.74) is 3.92. The molecule has 0 fully saturated rings. The SMILES string of the molecule is CCc1cccc(-c2ccc(SC)cc2Br)c1. The van der Waals surface area contributed by atoms with Crippen molar-refractivity contribution in [3.05, 3.63) is 52.5 Å². The van der Waals surface area contributed by atoms with Crippen LogP contribution >= 0.6 is 27.7 Å². The third-order valence-corrected chi connectivity index (χ3v) is 4.20. The summed E-state index contributed by atoms with van der Waals surface area (Å²) in [5.74, 6) is 0. The van der Waals surface area contributed by atoms with Crippen molar-refractivity contribution >= 4 is 27.7 Å². The van der Waals surface area contributed by atoms with Crippen LogP contribution in [-0.4, -0.2) is 6.26 Å². The van der Waals surface area contributed by atoms with Gasteiger partial charge >= 0.3 is 0 Å². The molecule has 2 aromatic carbocycles. The predicted molar refractivity (Wildman–Crippen MR) is 80.7 cm³/mol. The van der Waals surface area contributed by atoms with Gasteiger partial charge in [0, 0.05) is 9.37 Å². The van der Waals surface area contributed by atoms with Gasteiger partial charge < -0.3 is 0 Å². The van der Waals surface area contributed by atoms with Crippen molar-refractivity contribution in [2.45, 2.75) is 18.2 Å². The molecular weight excluding hydrogens is 292 g/mol. The molecule has 0 heterocycles. The zero-order valence-electron chi connectivity index (χ0n) is 10.0. The fraction of sp³-hybridized carbons (Fsp3) is 0.200. The van der Waals surface area contributed by atoms with E-state index >= 15 is 0 Å². The Hall–Kier alpha value is -0.730. The molecule has 17 heavy (non-hydrogen) atoms. The first-order valence-corrected chi connectivity index (χ1v) is 7.69. The molecule has 0 saturated carbocycles. The molecule has 2 aromatic rings. The van der Waals surface area contributed by atoms with Gasteiger partial charge in [0.15, 0.2) is 0 Å². The highest BCUT2D eigenvalue weighted by molar-refractivity contribution is 9.10. The van der Waals surface area contributed by atoms with E-state index in [9.17, 15) is 0 Å². The van der Waals surface area contributed by atoms with Crippen LogP contribution < -0.4 is 0 Å². The fourth-order valence-electron chi connectivity index (χ4n) is 1.82. The zero-order valence-corrected chi connectivity index (χ0v) is 12.4. The standard InChI is InChI=1S/C15H15BrS/c1-3-11-5-4-6-12(9-11)14-8-7-13(17-2)10-15(14)16/h4-10H,3H2,1-2H3. The van der Waals surface area contributed by atoms with Crippen LogP contribution in [0.5, 0.6) is 0 Å². The minimum absolute atomic E-state index is 1.08. The van der Waals surface area contributed by atoms with Crippen molar-refractivity contribution in [1.29, 1.82) is 0 Å². The molecule has 0 aliphatic heterocycles. The lowest BCUT2D eigenvalue weighted by molar-refractivity contribution is 1.14. The smallest absolute Gasteiger partial charge is 0.0264 e. The molecule has 0 unspecified atom stereocenters. The van der Waals surface area contributed by atoms with Gasteiger partial charge in [0.05, 0.1) is 0 Å². The molecule has 0 nitrogen and oxygen atoms in total. The number of halogens is 1. The van der Waals surface area contributed by atoms with Crippen LogP contribution in [0.4, 0.5) is 0 Å². The van der Waals surface area contributed by atoms with E-state index in [1.165, 1.54) is 21.6 Å². The lowest BCUT2D eigenvalue weighted by atomic mass is 10.0. The van der Waals surface area contributed by atoms with Crippen molar-refractivity contribution in [3.63, 3.8) is 0 Å². The summed E-state index contributed by atoms with van der Waals surface area (Å²) in [4.78, 5) is 1.28. The van der Waals surface area contributed by atoms with Crippen LogP contribution in [0.3, 0.4) is 0 Å². The third kappa shape index (κ3) is 2.93. The Morgan fingerprint density at radius 2 is 1.94 bits per heavy atom. The Morgan fingerprint density at radius 1 is 1.12 bits per heavy atom. The molecule has 0 bridgehead atoms. The van der Waals surface area contributed by atoms with Crippen LogP contribution in [0.1, 0.15) is 12.5 Å². The first-order valence-electron chi connectivity index (χ1n) is 5.67. The fourth-order valence-corrected chi connectivity index (χ4v) is 3.01. The maximum Gasteiger partial charge on any atom is 0.0264 e. The van der Waals surface area contributed by atoms with Crippen molar-refractivity contribution < 1.29 is 0 Å². The van der Waals surface area contributed by atoms with Gasteiger partial charge in [0.25, 0.3) is 0 Å². The van der Waals surface area contributed by atoms with E-state index in [0.717, 1.165) is 10.9 Å². The van der Waals surface area contributed by atoms with Crippen LogP contribution in [0.2, 0.25) is 0 Å². The molecule has 0 aromatic heterocycles. The second-order valence-electron chi connectivity index (χ2n) is 3.90. The topological polar surface area (TPSA) is 0 Å². The Morgan fingerprint density at radius 3 is 2.59 bits per heavy atom. The average molecular weight is 307 g/mol. The number of thioether (sulfide) groups is 1. The van der Waals surface area contributed by atoms with Gasteiger partial charge in [-0.1, -0.05) is 53.2 Å². The van der Waals surface area contributed by atoms with Gasteiger partial charge in [-0.05, 0) is 41.5 Å². The van der Waals surface area contributed by atoms with E-state index < -0.39 is 0 Å². The molecule has 0 amide bonds. The summed E-state index contributed by atoms with van der Waals surface area (Å²) >= 11 is 5.42. The van der Waals surface area contributed by atoms with Gasteiger partial charge in [-0.2, -0.15) is 0 Å². The Kier molecular flexibility index (Phi) is 4.30. The van der Waals surface area contributed by atoms with E-state index in [0.29, 0.717) is 0 Å². The molecule has 2 heteroatoms. The summed E-state index contributed by atoms with van der Waals surface area (Å²) in [5, 5.41) is 0. The average Bonchev–Trinajstić information content (AvgIpc) is 2.38. The van der Waals surface area contributed by atoms with Crippen LogP contribution in [0, 0.1) is 0 Å². The van der Waals surface area contributed by atoms with E-state index in [2.05, 4.69) is 71.6 Å². The van der Waals surface area contributed by atoms with Crippen LogP contribution in [0.25, 0.3) is 11.1 Å². The Bertz CT molecular complexity index is 520. The minimum atomic E-state index is 1.08. The van der Waals surface area contributed by atoms with Crippen molar-refractivity contribution in [2.75, 3.05) is 6.26 Å². The van der Waals surface area contributed by atoms with Crippen LogP contribution in [0.15, 0.2) is 51.8 Å². The Labute approximate surface area is 116 Å². The number of rotatable bonds is 3. The second kappa shape index (κ2) is 5.74. The Balaban J connectivity index is 2.45. The third-order valence-electron chi connectivity index (χ3n) is 2.82. The molecular formula is C15H15BrS. The van der Waals surface area contributed by atoms with Crippen molar-refractivity contribution in [1.82, 2.24) is 0 Å².